The Morgan fingerprint density at radius 3 is 2.18 bits per heavy atom. The number of rotatable bonds is 9. The lowest BCUT2D eigenvalue weighted by Crippen LogP contribution is -2.51. The highest BCUT2D eigenvalue weighted by atomic mass is 19.1. The summed E-state index contributed by atoms with van der Waals surface area (Å²) < 4.78 is 26.2. The summed E-state index contributed by atoms with van der Waals surface area (Å²) in [6.07, 6.45) is 2.95. The molecule has 0 unspecified atom stereocenters. The summed E-state index contributed by atoms with van der Waals surface area (Å²) >= 11 is 0. The maximum atomic E-state index is 13.1. The van der Waals surface area contributed by atoms with E-state index in [2.05, 4.69) is 29.4 Å². The zero-order valence-corrected chi connectivity index (χ0v) is 19.4. The van der Waals surface area contributed by atoms with Crippen LogP contribution in [-0.2, 0) is 6.42 Å². The van der Waals surface area contributed by atoms with Crippen molar-refractivity contribution in [2.75, 3.05) is 25.0 Å². The number of benzene rings is 2. The number of nitrogens with one attached hydrogen (secondary N) is 2. The number of anilines is 1. The molecule has 180 valence electrons. The van der Waals surface area contributed by atoms with Crippen LogP contribution >= 0.6 is 0 Å². The molecule has 2 amide bonds. The van der Waals surface area contributed by atoms with Crippen molar-refractivity contribution in [1.29, 1.82) is 0 Å². The minimum atomic E-state index is -0.694. The van der Waals surface area contributed by atoms with Gasteiger partial charge in [-0.3, -0.25) is 0 Å². The molecular formula is C26H35F2N3O2. The van der Waals surface area contributed by atoms with Crippen LogP contribution in [0.2, 0.25) is 0 Å². The number of β-amino-alcohol motifs (C(OH)–C–C–N with tert-alkyl or cyclic N) is 1. The standard InChI is InChI=1S/C26H35F2N3O2/c1-18(2)15-24(30-26(33)29-23-9-7-22(28)8-10-23)25(32)17-31-13-11-20(12-14-31)16-19-3-5-21(27)6-4-19/h3-10,18,20,24-25,32H,11-17H2,1-2H3,(H2,29,30,33)/t24-,25-/m0/s1. The molecule has 2 aromatic rings. The third-order valence-corrected chi connectivity index (χ3v) is 6.20. The van der Waals surface area contributed by atoms with Gasteiger partial charge in [0.2, 0.25) is 0 Å². The highest BCUT2D eigenvalue weighted by molar-refractivity contribution is 5.89. The van der Waals surface area contributed by atoms with Crippen LogP contribution in [0.15, 0.2) is 48.5 Å². The van der Waals surface area contributed by atoms with Gasteiger partial charge in [-0.2, -0.15) is 0 Å². The van der Waals surface area contributed by atoms with Crippen LogP contribution in [0.1, 0.15) is 38.7 Å². The lowest BCUT2D eigenvalue weighted by Gasteiger charge is -2.35. The number of hydrogen-bond acceptors (Lipinski definition) is 3. The first kappa shape index (κ1) is 25.1. The molecule has 1 aliphatic rings. The highest BCUT2D eigenvalue weighted by Gasteiger charge is 2.27. The monoisotopic (exact) mass is 459 g/mol. The van der Waals surface area contributed by atoms with Crippen LogP contribution in [0.5, 0.6) is 0 Å². The second kappa shape index (κ2) is 12.1. The van der Waals surface area contributed by atoms with Crippen LogP contribution in [-0.4, -0.2) is 47.8 Å². The van der Waals surface area contributed by atoms with Gasteiger partial charge in [0.15, 0.2) is 0 Å². The molecule has 0 aliphatic carbocycles. The number of aliphatic hydroxyl groups excluding tert-OH is 1. The van der Waals surface area contributed by atoms with Gasteiger partial charge in [0.05, 0.1) is 12.1 Å². The van der Waals surface area contributed by atoms with E-state index in [-0.39, 0.29) is 17.7 Å². The number of likely N-dealkylation sites (tertiary alicyclic amines) is 1. The number of aliphatic hydroxyl groups is 1. The largest absolute Gasteiger partial charge is 0.390 e. The molecule has 5 nitrogen and oxygen atoms in total. The molecule has 2 atom stereocenters. The molecule has 0 aromatic heterocycles. The summed E-state index contributed by atoms with van der Waals surface area (Å²) in [7, 11) is 0. The molecule has 0 saturated carbocycles. The summed E-state index contributed by atoms with van der Waals surface area (Å²) in [4.78, 5) is 14.7. The Bertz CT molecular complexity index is 866. The maximum absolute atomic E-state index is 13.1. The second-order valence-corrected chi connectivity index (χ2v) is 9.48. The van der Waals surface area contributed by atoms with Gasteiger partial charge in [-0.15, -0.1) is 0 Å². The average molecular weight is 460 g/mol. The van der Waals surface area contributed by atoms with Crippen LogP contribution in [0.3, 0.4) is 0 Å². The van der Waals surface area contributed by atoms with Crippen LogP contribution < -0.4 is 10.6 Å². The molecule has 3 N–H and O–H groups in total. The van der Waals surface area contributed by atoms with E-state index >= 15 is 0 Å². The van der Waals surface area contributed by atoms with Crippen molar-refractivity contribution in [3.63, 3.8) is 0 Å². The number of carbonyl (C=O) groups is 1. The third kappa shape index (κ3) is 8.41. The number of carbonyl (C=O) groups excluding carboxylic acids is 1. The quantitative estimate of drug-likeness (QED) is 0.504. The maximum Gasteiger partial charge on any atom is 0.319 e. The van der Waals surface area contributed by atoms with Crippen LogP contribution in [0.25, 0.3) is 0 Å². The fourth-order valence-electron chi connectivity index (χ4n) is 4.41. The molecule has 0 bridgehead atoms. The average Bonchev–Trinajstić information content (AvgIpc) is 2.77. The summed E-state index contributed by atoms with van der Waals surface area (Å²) in [6.45, 7) is 6.39. The van der Waals surface area contributed by atoms with E-state index in [1.165, 1.54) is 36.4 Å². The Morgan fingerprint density at radius 2 is 1.61 bits per heavy atom. The smallest absolute Gasteiger partial charge is 0.319 e. The number of hydrogen-bond donors (Lipinski definition) is 3. The van der Waals surface area contributed by atoms with Crippen LogP contribution in [0, 0.1) is 23.5 Å². The van der Waals surface area contributed by atoms with Gasteiger partial charge >= 0.3 is 6.03 Å². The van der Waals surface area contributed by atoms with E-state index < -0.39 is 12.1 Å². The minimum Gasteiger partial charge on any atom is -0.390 e. The lowest BCUT2D eigenvalue weighted by atomic mass is 9.89. The number of amides is 2. The minimum absolute atomic E-state index is 0.210. The molecule has 1 aliphatic heterocycles. The van der Waals surface area contributed by atoms with E-state index in [1.54, 1.807) is 0 Å². The van der Waals surface area contributed by atoms with E-state index in [4.69, 9.17) is 0 Å². The summed E-state index contributed by atoms with van der Waals surface area (Å²) in [5.74, 6) is 0.279. The van der Waals surface area contributed by atoms with E-state index in [9.17, 15) is 18.7 Å². The molecule has 0 radical (unpaired) electrons. The van der Waals surface area contributed by atoms with Gasteiger partial charge in [0.1, 0.15) is 11.6 Å². The summed E-state index contributed by atoms with van der Waals surface area (Å²) in [5.41, 5.74) is 1.65. The Kier molecular flexibility index (Phi) is 9.21. The molecule has 33 heavy (non-hydrogen) atoms. The van der Waals surface area contributed by atoms with Crippen molar-refractivity contribution in [2.24, 2.45) is 11.8 Å². The Labute approximate surface area is 195 Å². The van der Waals surface area contributed by atoms with Crippen molar-refractivity contribution in [1.82, 2.24) is 10.2 Å². The number of piperidine rings is 1. The Balaban J connectivity index is 1.48. The normalized spacial score (nSPS) is 17.0. The van der Waals surface area contributed by atoms with Crippen molar-refractivity contribution in [3.05, 3.63) is 65.7 Å². The van der Waals surface area contributed by atoms with Crippen molar-refractivity contribution in [3.8, 4) is 0 Å². The van der Waals surface area contributed by atoms with Gasteiger partial charge in [0, 0.05) is 12.2 Å². The predicted octanol–water partition coefficient (Wildman–Crippen LogP) is 4.82. The predicted molar refractivity (Wildman–Crippen MR) is 127 cm³/mol. The van der Waals surface area contributed by atoms with Crippen molar-refractivity contribution >= 4 is 11.7 Å². The summed E-state index contributed by atoms with van der Waals surface area (Å²) in [5, 5.41) is 16.5. The third-order valence-electron chi connectivity index (χ3n) is 6.20. The van der Waals surface area contributed by atoms with E-state index in [1.807, 2.05) is 12.1 Å². The fraction of sp³-hybridized carbons (Fsp3) is 0.500. The Hall–Kier alpha value is -2.51. The Morgan fingerprint density at radius 1 is 1.03 bits per heavy atom. The number of urea groups is 1. The van der Waals surface area contributed by atoms with Crippen LogP contribution in [0.4, 0.5) is 19.3 Å². The first-order valence-electron chi connectivity index (χ1n) is 11.8. The van der Waals surface area contributed by atoms with Gasteiger partial charge in [-0.25, -0.2) is 13.6 Å². The van der Waals surface area contributed by atoms with E-state index in [0.29, 0.717) is 30.5 Å². The molecule has 1 fully saturated rings. The molecule has 3 rings (SSSR count). The van der Waals surface area contributed by atoms with Gasteiger partial charge in [-0.1, -0.05) is 26.0 Å². The fourth-order valence-corrected chi connectivity index (χ4v) is 4.41. The molecule has 7 heteroatoms. The molecule has 1 heterocycles. The lowest BCUT2D eigenvalue weighted by molar-refractivity contribution is 0.0605. The summed E-state index contributed by atoms with van der Waals surface area (Å²) in [6, 6.07) is 11.5. The molecular weight excluding hydrogens is 424 g/mol. The van der Waals surface area contributed by atoms with E-state index in [0.717, 1.165) is 37.9 Å². The molecule has 0 spiro atoms. The number of halogens is 2. The zero-order valence-electron chi connectivity index (χ0n) is 19.4. The van der Waals surface area contributed by atoms with Crippen molar-refractivity contribution in [2.45, 2.75) is 51.7 Å². The SMILES string of the molecule is CC(C)C[C@H](NC(=O)Nc1ccc(F)cc1)[C@@H](O)CN1CCC(Cc2ccc(F)cc2)CC1. The number of nitrogens with zero attached hydrogens (tertiary/aromatic N) is 1. The van der Waals surface area contributed by atoms with Crippen molar-refractivity contribution < 1.29 is 18.7 Å². The highest BCUT2D eigenvalue weighted by Crippen LogP contribution is 2.23. The van der Waals surface area contributed by atoms with Gasteiger partial charge < -0.3 is 20.6 Å². The molecule has 1 saturated heterocycles. The first-order chi connectivity index (χ1) is 15.8. The van der Waals surface area contributed by atoms with Gasteiger partial charge in [-0.05, 0) is 92.6 Å². The molecule has 2 aromatic carbocycles. The van der Waals surface area contributed by atoms with Gasteiger partial charge in [0.25, 0.3) is 0 Å². The second-order valence-electron chi connectivity index (χ2n) is 9.48. The zero-order chi connectivity index (χ0) is 23.8. The first-order valence-corrected chi connectivity index (χ1v) is 11.8. The topological polar surface area (TPSA) is 64.6 Å².